The van der Waals surface area contributed by atoms with Crippen molar-refractivity contribution in [2.24, 2.45) is 0 Å². The maximum atomic E-state index is 12.7. The van der Waals surface area contributed by atoms with Gasteiger partial charge >= 0.3 is 11.6 Å². The van der Waals surface area contributed by atoms with E-state index in [9.17, 15) is 18.0 Å². The predicted molar refractivity (Wildman–Crippen MR) is 113 cm³/mol. The van der Waals surface area contributed by atoms with Gasteiger partial charge in [-0.15, -0.1) is 0 Å². The molecule has 0 saturated heterocycles. The van der Waals surface area contributed by atoms with Gasteiger partial charge in [0.2, 0.25) is 10.0 Å². The molecule has 1 N–H and O–H groups in total. The number of carbonyl (C=O) groups is 1. The number of hydrogen-bond donors (Lipinski definition) is 1. The van der Waals surface area contributed by atoms with Gasteiger partial charge in [0.15, 0.2) is 0 Å². The summed E-state index contributed by atoms with van der Waals surface area (Å²) < 4.78 is 38.4. The SMILES string of the molecule is CCC(NS(=O)(=O)c1ccc(C)cc1)C(=O)Oc1ccc2c(C)cc(=O)oc2c1C. The molecule has 2 aromatic carbocycles. The molecule has 0 aliphatic carbocycles. The molecule has 3 rings (SSSR count). The summed E-state index contributed by atoms with van der Waals surface area (Å²) in [5.74, 6) is -0.542. The summed E-state index contributed by atoms with van der Waals surface area (Å²) in [5.41, 5.74) is 1.99. The van der Waals surface area contributed by atoms with Crippen LogP contribution in [-0.2, 0) is 14.8 Å². The van der Waals surface area contributed by atoms with Crippen molar-refractivity contribution < 1.29 is 22.4 Å². The highest BCUT2D eigenvalue weighted by Crippen LogP contribution is 2.28. The van der Waals surface area contributed by atoms with Crippen molar-refractivity contribution >= 4 is 27.0 Å². The van der Waals surface area contributed by atoms with E-state index in [-0.39, 0.29) is 17.1 Å². The first-order chi connectivity index (χ1) is 14.1. The molecule has 30 heavy (non-hydrogen) atoms. The molecule has 8 heteroatoms. The van der Waals surface area contributed by atoms with E-state index >= 15 is 0 Å². The van der Waals surface area contributed by atoms with E-state index in [0.29, 0.717) is 11.1 Å². The fourth-order valence-corrected chi connectivity index (χ4v) is 4.33. The van der Waals surface area contributed by atoms with Gasteiger partial charge in [0.25, 0.3) is 0 Å². The number of aryl methyl sites for hydroxylation is 3. The van der Waals surface area contributed by atoms with Gasteiger partial charge in [0.05, 0.1) is 4.90 Å². The molecule has 0 saturated carbocycles. The minimum absolute atomic E-state index is 0.0680. The molecule has 0 bridgehead atoms. The quantitative estimate of drug-likeness (QED) is 0.366. The lowest BCUT2D eigenvalue weighted by Gasteiger charge is -2.17. The number of sulfonamides is 1. The van der Waals surface area contributed by atoms with Gasteiger partial charge in [-0.2, -0.15) is 4.72 Å². The Labute approximate surface area is 174 Å². The van der Waals surface area contributed by atoms with Gasteiger partial charge in [0.1, 0.15) is 17.4 Å². The molecule has 7 nitrogen and oxygen atoms in total. The zero-order valence-electron chi connectivity index (χ0n) is 17.2. The fraction of sp³-hybridized carbons (Fsp3) is 0.273. The number of hydrogen-bond acceptors (Lipinski definition) is 6. The molecule has 3 aromatic rings. The smallest absolute Gasteiger partial charge is 0.336 e. The van der Waals surface area contributed by atoms with Crippen LogP contribution in [0.2, 0.25) is 0 Å². The monoisotopic (exact) mass is 429 g/mol. The largest absolute Gasteiger partial charge is 0.425 e. The van der Waals surface area contributed by atoms with Crippen LogP contribution >= 0.6 is 0 Å². The van der Waals surface area contributed by atoms with Crippen molar-refractivity contribution in [3.8, 4) is 5.75 Å². The van der Waals surface area contributed by atoms with Gasteiger partial charge in [-0.3, -0.25) is 0 Å². The van der Waals surface area contributed by atoms with Crippen molar-refractivity contribution in [2.45, 2.75) is 45.1 Å². The van der Waals surface area contributed by atoms with Gasteiger partial charge in [-0.1, -0.05) is 24.6 Å². The van der Waals surface area contributed by atoms with Crippen LogP contribution in [0.4, 0.5) is 0 Å². The highest BCUT2D eigenvalue weighted by Gasteiger charge is 2.26. The third kappa shape index (κ3) is 4.44. The Morgan fingerprint density at radius 1 is 1.10 bits per heavy atom. The Bertz CT molecular complexity index is 1260. The molecule has 1 heterocycles. The summed E-state index contributed by atoms with van der Waals surface area (Å²) >= 11 is 0. The van der Waals surface area contributed by atoms with Gasteiger partial charge < -0.3 is 9.15 Å². The molecule has 0 aliphatic heterocycles. The lowest BCUT2D eigenvalue weighted by Crippen LogP contribution is -2.42. The molecule has 0 aliphatic rings. The maximum Gasteiger partial charge on any atom is 0.336 e. The van der Waals surface area contributed by atoms with Gasteiger partial charge in [-0.25, -0.2) is 18.0 Å². The van der Waals surface area contributed by atoms with Crippen LogP contribution in [0.1, 0.15) is 30.0 Å². The van der Waals surface area contributed by atoms with Crippen molar-refractivity contribution in [3.63, 3.8) is 0 Å². The standard InChI is InChI=1S/C22H23NO6S/c1-5-18(23-30(26,27)16-8-6-13(2)7-9-16)22(25)28-19-11-10-17-14(3)12-20(24)29-21(17)15(19)4/h6-12,18,23H,5H2,1-4H3. The second-order valence-electron chi connectivity index (χ2n) is 7.13. The number of benzene rings is 2. The van der Waals surface area contributed by atoms with Gasteiger partial charge in [-0.05, 0) is 57.0 Å². The third-order valence-electron chi connectivity index (χ3n) is 4.85. The summed E-state index contributed by atoms with van der Waals surface area (Å²) in [5, 5.41) is 0.735. The van der Waals surface area contributed by atoms with Crippen LogP contribution in [0.5, 0.6) is 5.75 Å². The zero-order valence-corrected chi connectivity index (χ0v) is 18.0. The van der Waals surface area contributed by atoms with E-state index in [1.54, 1.807) is 45.0 Å². The van der Waals surface area contributed by atoms with E-state index in [2.05, 4.69) is 4.72 Å². The first-order valence-electron chi connectivity index (χ1n) is 9.47. The van der Waals surface area contributed by atoms with Crippen molar-refractivity contribution in [3.05, 3.63) is 69.6 Å². The number of fused-ring (bicyclic) bond motifs is 1. The summed E-state index contributed by atoms with van der Waals surface area (Å²) in [6, 6.07) is 9.94. The molecule has 0 fully saturated rings. The van der Waals surface area contributed by atoms with Crippen LogP contribution in [0.25, 0.3) is 11.0 Å². The van der Waals surface area contributed by atoms with Crippen LogP contribution in [0.15, 0.2) is 56.6 Å². The van der Waals surface area contributed by atoms with E-state index in [4.69, 9.17) is 9.15 Å². The van der Waals surface area contributed by atoms with Gasteiger partial charge in [0, 0.05) is 17.0 Å². The van der Waals surface area contributed by atoms with Crippen LogP contribution in [0.3, 0.4) is 0 Å². The van der Waals surface area contributed by atoms with Crippen LogP contribution in [-0.4, -0.2) is 20.4 Å². The Morgan fingerprint density at radius 2 is 1.77 bits per heavy atom. The van der Waals surface area contributed by atoms with E-state index in [0.717, 1.165) is 16.5 Å². The average molecular weight is 429 g/mol. The fourth-order valence-electron chi connectivity index (χ4n) is 3.06. The lowest BCUT2D eigenvalue weighted by molar-refractivity contribution is -0.136. The number of ether oxygens (including phenoxy) is 1. The predicted octanol–water partition coefficient (Wildman–Crippen LogP) is 3.38. The molecule has 0 radical (unpaired) electrons. The number of esters is 1. The summed E-state index contributed by atoms with van der Waals surface area (Å²) in [6.45, 7) is 6.99. The highest BCUT2D eigenvalue weighted by molar-refractivity contribution is 7.89. The normalized spacial score (nSPS) is 12.7. The van der Waals surface area contributed by atoms with Crippen molar-refractivity contribution in [1.82, 2.24) is 4.72 Å². The van der Waals surface area contributed by atoms with E-state index in [1.165, 1.54) is 18.2 Å². The Hall–Kier alpha value is -2.97. The summed E-state index contributed by atoms with van der Waals surface area (Å²) in [7, 11) is -3.89. The topological polar surface area (TPSA) is 103 Å². The average Bonchev–Trinajstić information content (AvgIpc) is 2.69. The molecule has 1 aromatic heterocycles. The van der Waals surface area contributed by atoms with E-state index < -0.39 is 27.7 Å². The number of nitrogens with one attached hydrogen (secondary N) is 1. The second kappa shape index (κ2) is 8.41. The molecule has 1 atom stereocenters. The summed E-state index contributed by atoms with van der Waals surface area (Å²) in [4.78, 5) is 24.5. The molecule has 0 spiro atoms. The van der Waals surface area contributed by atoms with Crippen molar-refractivity contribution in [2.75, 3.05) is 0 Å². The second-order valence-corrected chi connectivity index (χ2v) is 8.84. The minimum atomic E-state index is -3.89. The molecule has 1 unspecified atom stereocenters. The van der Waals surface area contributed by atoms with Crippen LogP contribution in [0, 0.1) is 20.8 Å². The minimum Gasteiger partial charge on any atom is -0.425 e. The number of carbonyl (C=O) groups excluding carboxylic acids is 1. The van der Waals surface area contributed by atoms with Crippen molar-refractivity contribution in [1.29, 1.82) is 0 Å². The lowest BCUT2D eigenvalue weighted by atomic mass is 10.1. The molecule has 0 amide bonds. The zero-order chi connectivity index (χ0) is 22.1. The highest BCUT2D eigenvalue weighted by atomic mass is 32.2. The van der Waals surface area contributed by atoms with Crippen LogP contribution < -0.4 is 15.1 Å². The molecular formula is C22H23NO6S. The Balaban J connectivity index is 1.86. The first-order valence-corrected chi connectivity index (χ1v) is 11.0. The maximum absolute atomic E-state index is 12.7. The third-order valence-corrected chi connectivity index (χ3v) is 6.34. The number of rotatable bonds is 6. The Morgan fingerprint density at radius 3 is 2.40 bits per heavy atom. The summed E-state index contributed by atoms with van der Waals surface area (Å²) in [6.07, 6.45) is 0.199. The van der Waals surface area contributed by atoms with E-state index in [1.807, 2.05) is 6.92 Å². The first kappa shape index (κ1) is 21.7. The molecular weight excluding hydrogens is 406 g/mol. The Kier molecular flexibility index (Phi) is 6.09. The molecule has 158 valence electrons.